The normalized spacial score (nSPS) is 22.4. The summed E-state index contributed by atoms with van der Waals surface area (Å²) in [5, 5.41) is 6.16. The Bertz CT molecular complexity index is 439. The number of rotatable bonds is 6. The van der Waals surface area contributed by atoms with Crippen LogP contribution in [0.15, 0.2) is 0 Å². The number of carbonyl (C=O) groups is 2. The summed E-state index contributed by atoms with van der Waals surface area (Å²) < 4.78 is 0. The molecule has 0 aromatic carbocycles. The topological polar surface area (TPSA) is 87.5 Å². The number of nitrogens with two attached hydrogens (primary N) is 1. The monoisotopic (exact) mass is 374 g/mol. The summed E-state index contributed by atoms with van der Waals surface area (Å²) in [5.41, 5.74) is 5.71. The van der Waals surface area contributed by atoms with E-state index in [1.807, 2.05) is 4.90 Å². The third-order valence-electron chi connectivity index (χ3n) is 5.30. The molecule has 1 aliphatic carbocycles. The van der Waals surface area contributed by atoms with Crippen LogP contribution in [0.3, 0.4) is 0 Å². The average Bonchev–Trinajstić information content (AvgIpc) is 3.01. The lowest BCUT2D eigenvalue weighted by Gasteiger charge is -2.34. The highest BCUT2D eigenvalue weighted by molar-refractivity contribution is 5.85. The van der Waals surface area contributed by atoms with Gasteiger partial charge in [-0.1, -0.05) is 26.7 Å². The van der Waals surface area contributed by atoms with Gasteiger partial charge in [0.15, 0.2) is 0 Å². The van der Waals surface area contributed by atoms with E-state index in [0.29, 0.717) is 32.0 Å². The zero-order valence-corrected chi connectivity index (χ0v) is 16.5. The number of hydrogen-bond donors (Lipinski definition) is 3. The Hall–Kier alpha value is -1.01. The molecule has 1 atom stereocenters. The number of urea groups is 1. The molecule has 7 heteroatoms. The van der Waals surface area contributed by atoms with Crippen LogP contribution in [0.25, 0.3) is 0 Å². The largest absolute Gasteiger partial charge is 0.349 e. The minimum absolute atomic E-state index is 0. The fraction of sp³-hybridized carbons (Fsp3) is 0.889. The molecule has 1 unspecified atom stereocenters. The molecule has 0 radical (unpaired) electrons. The van der Waals surface area contributed by atoms with Crippen LogP contribution in [0.5, 0.6) is 0 Å². The molecule has 2 fully saturated rings. The van der Waals surface area contributed by atoms with Crippen LogP contribution in [0, 0.1) is 11.8 Å². The summed E-state index contributed by atoms with van der Waals surface area (Å²) in [6.45, 7) is 6.84. The van der Waals surface area contributed by atoms with Crippen LogP contribution in [0.1, 0.15) is 58.8 Å². The molecule has 1 aliphatic heterocycles. The van der Waals surface area contributed by atoms with Crippen LogP contribution in [-0.4, -0.2) is 48.6 Å². The van der Waals surface area contributed by atoms with Crippen molar-refractivity contribution in [3.63, 3.8) is 0 Å². The molecule has 0 aromatic rings. The summed E-state index contributed by atoms with van der Waals surface area (Å²) in [4.78, 5) is 26.5. The second kappa shape index (κ2) is 10.2. The van der Waals surface area contributed by atoms with Crippen molar-refractivity contribution >= 4 is 24.3 Å². The summed E-state index contributed by atoms with van der Waals surface area (Å²) in [6.07, 6.45) is 6.74. The van der Waals surface area contributed by atoms with Gasteiger partial charge in [-0.3, -0.25) is 4.79 Å². The molecule has 0 spiro atoms. The first-order chi connectivity index (χ1) is 11.4. The first kappa shape index (κ1) is 22.0. The van der Waals surface area contributed by atoms with E-state index in [-0.39, 0.29) is 35.8 Å². The van der Waals surface area contributed by atoms with Crippen molar-refractivity contribution in [1.82, 2.24) is 15.5 Å². The van der Waals surface area contributed by atoms with Gasteiger partial charge in [0.1, 0.15) is 0 Å². The van der Waals surface area contributed by atoms with Gasteiger partial charge in [0.2, 0.25) is 5.91 Å². The molecule has 3 amide bonds. The zero-order chi connectivity index (χ0) is 17.6. The molecule has 25 heavy (non-hydrogen) atoms. The van der Waals surface area contributed by atoms with E-state index in [1.54, 1.807) is 0 Å². The average molecular weight is 375 g/mol. The van der Waals surface area contributed by atoms with Crippen LogP contribution in [0.4, 0.5) is 4.79 Å². The fourth-order valence-corrected chi connectivity index (χ4v) is 3.86. The first-order valence-corrected chi connectivity index (χ1v) is 9.48. The number of halogens is 1. The van der Waals surface area contributed by atoms with E-state index >= 15 is 0 Å². The molecule has 4 N–H and O–H groups in total. The van der Waals surface area contributed by atoms with Gasteiger partial charge in [-0.25, -0.2) is 4.79 Å². The quantitative estimate of drug-likeness (QED) is 0.666. The molecule has 6 nitrogen and oxygen atoms in total. The maximum absolute atomic E-state index is 12.4. The number of piperidine rings is 1. The SMILES string of the molecule is CC(C)CNC(=O)N1CCCC(CC(=O)NC2(CN)CCCC2)C1.Cl. The van der Waals surface area contributed by atoms with Gasteiger partial charge in [0.05, 0.1) is 5.54 Å². The molecule has 1 saturated carbocycles. The summed E-state index contributed by atoms with van der Waals surface area (Å²) in [5.74, 6) is 0.788. The summed E-state index contributed by atoms with van der Waals surface area (Å²) in [6, 6.07) is 0.00281. The third kappa shape index (κ3) is 6.66. The van der Waals surface area contributed by atoms with Gasteiger partial charge in [-0.05, 0) is 37.5 Å². The van der Waals surface area contributed by atoms with Crippen molar-refractivity contribution in [2.24, 2.45) is 17.6 Å². The van der Waals surface area contributed by atoms with Crippen LogP contribution in [0.2, 0.25) is 0 Å². The Balaban J connectivity index is 0.00000312. The van der Waals surface area contributed by atoms with Crippen molar-refractivity contribution in [3.8, 4) is 0 Å². The lowest BCUT2D eigenvalue weighted by molar-refractivity contribution is -0.124. The predicted molar refractivity (Wildman–Crippen MR) is 103 cm³/mol. The van der Waals surface area contributed by atoms with Gasteiger partial charge >= 0.3 is 6.03 Å². The minimum atomic E-state index is -0.180. The third-order valence-corrected chi connectivity index (χ3v) is 5.30. The predicted octanol–water partition coefficient (Wildman–Crippen LogP) is 2.26. The number of nitrogens with one attached hydrogen (secondary N) is 2. The van der Waals surface area contributed by atoms with Gasteiger partial charge in [0.25, 0.3) is 0 Å². The number of nitrogens with zero attached hydrogens (tertiary/aromatic N) is 1. The van der Waals surface area contributed by atoms with Crippen molar-refractivity contribution in [3.05, 3.63) is 0 Å². The Morgan fingerprint density at radius 2 is 1.92 bits per heavy atom. The molecule has 1 saturated heterocycles. The molecular formula is C18H35ClN4O2. The van der Waals surface area contributed by atoms with E-state index < -0.39 is 0 Å². The Morgan fingerprint density at radius 1 is 1.24 bits per heavy atom. The molecule has 0 bridgehead atoms. The lowest BCUT2D eigenvalue weighted by Crippen LogP contribution is -2.52. The van der Waals surface area contributed by atoms with Gasteiger partial charge in [-0.2, -0.15) is 0 Å². The molecule has 1 heterocycles. The summed E-state index contributed by atoms with van der Waals surface area (Å²) in [7, 11) is 0. The van der Waals surface area contributed by atoms with Crippen LogP contribution in [-0.2, 0) is 4.79 Å². The van der Waals surface area contributed by atoms with Crippen LogP contribution >= 0.6 is 12.4 Å². The lowest BCUT2D eigenvalue weighted by atomic mass is 9.92. The second-order valence-electron chi connectivity index (χ2n) is 7.98. The van der Waals surface area contributed by atoms with Gasteiger partial charge in [0, 0.05) is 32.6 Å². The highest BCUT2D eigenvalue weighted by Gasteiger charge is 2.34. The van der Waals surface area contributed by atoms with E-state index in [1.165, 1.54) is 0 Å². The first-order valence-electron chi connectivity index (χ1n) is 9.48. The highest BCUT2D eigenvalue weighted by atomic mass is 35.5. The number of likely N-dealkylation sites (tertiary alicyclic amines) is 1. The Morgan fingerprint density at radius 3 is 2.52 bits per heavy atom. The molecular weight excluding hydrogens is 340 g/mol. The smallest absolute Gasteiger partial charge is 0.317 e. The van der Waals surface area contributed by atoms with Crippen molar-refractivity contribution in [1.29, 1.82) is 0 Å². The van der Waals surface area contributed by atoms with Crippen molar-refractivity contribution in [2.75, 3.05) is 26.2 Å². The van der Waals surface area contributed by atoms with E-state index in [2.05, 4.69) is 24.5 Å². The number of hydrogen-bond acceptors (Lipinski definition) is 3. The Labute approximate surface area is 158 Å². The van der Waals surface area contributed by atoms with E-state index in [0.717, 1.165) is 45.1 Å². The van der Waals surface area contributed by atoms with E-state index in [9.17, 15) is 9.59 Å². The zero-order valence-electron chi connectivity index (χ0n) is 15.7. The second-order valence-corrected chi connectivity index (χ2v) is 7.98. The molecule has 2 rings (SSSR count). The van der Waals surface area contributed by atoms with Gasteiger partial charge < -0.3 is 21.3 Å². The van der Waals surface area contributed by atoms with Crippen molar-refractivity contribution < 1.29 is 9.59 Å². The van der Waals surface area contributed by atoms with Crippen LogP contribution < -0.4 is 16.4 Å². The Kier molecular flexibility index (Phi) is 9.00. The van der Waals surface area contributed by atoms with Gasteiger partial charge in [-0.15, -0.1) is 12.4 Å². The van der Waals surface area contributed by atoms with Crippen molar-refractivity contribution in [2.45, 2.75) is 64.3 Å². The molecule has 2 aliphatic rings. The molecule has 146 valence electrons. The summed E-state index contributed by atoms with van der Waals surface area (Å²) >= 11 is 0. The minimum Gasteiger partial charge on any atom is -0.349 e. The highest BCUT2D eigenvalue weighted by Crippen LogP contribution is 2.29. The molecule has 0 aromatic heterocycles. The maximum atomic E-state index is 12.4. The van der Waals surface area contributed by atoms with E-state index in [4.69, 9.17) is 5.73 Å². The number of amides is 3. The fourth-order valence-electron chi connectivity index (χ4n) is 3.86. The standard InChI is InChI=1S/C18H34N4O2.ClH/c1-14(2)11-20-17(24)22-9-5-6-15(12-22)10-16(23)21-18(13-19)7-3-4-8-18;/h14-15H,3-13,19H2,1-2H3,(H,20,24)(H,21,23);1H. The number of carbonyl (C=O) groups excluding carboxylic acids is 2. The maximum Gasteiger partial charge on any atom is 0.317 e.